The normalized spacial score (nSPS) is 21.2. The van der Waals surface area contributed by atoms with Gasteiger partial charge in [-0.1, -0.05) is 0 Å². The average molecular weight is 209 g/mol. The van der Waals surface area contributed by atoms with Crippen molar-refractivity contribution in [2.75, 3.05) is 13.2 Å². The summed E-state index contributed by atoms with van der Waals surface area (Å²) in [5.41, 5.74) is -0.0479. The zero-order valence-corrected chi connectivity index (χ0v) is 8.57. The summed E-state index contributed by atoms with van der Waals surface area (Å²) in [5, 5.41) is 0. The van der Waals surface area contributed by atoms with Gasteiger partial charge in [0.05, 0.1) is 6.10 Å². The number of hydrogen-bond acceptors (Lipinski definition) is 3. The molecule has 1 saturated heterocycles. The van der Waals surface area contributed by atoms with Crippen molar-refractivity contribution >= 4 is 0 Å². The molecule has 4 heteroatoms. The van der Waals surface area contributed by atoms with Crippen LogP contribution in [0.5, 0.6) is 5.88 Å². The van der Waals surface area contributed by atoms with Gasteiger partial charge >= 0.3 is 0 Å². The van der Waals surface area contributed by atoms with E-state index in [4.69, 9.17) is 9.47 Å². The molecular formula is C11H15NO3. The van der Waals surface area contributed by atoms with E-state index in [2.05, 4.69) is 4.98 Å². The van der Waals surface area contributed by atoms with Gasteiger partial charge in [-0.25, -0.2) is 0 Å². The number of hydrogen-bond donors (Lipinski definition) is 1. The number of rotatable bonds is 3. The maximum Gasteiger partial charge on any atom is 0.194 e. The summed E-state index contributed by atoms with van der Waals surface area (Å²) in [5.74, 6) is 0.511. The van der Waals surface area contributed by atoms with Crippen molar-refractivity contribution in [1.29, 1.82) is 0 Å². The van der Waals surface area contributed by atoms with Crippen LogP contribution in [0.1, 0.15) is 19.3 Å². The van der Waals surface area contributed by atoms with E-state index in [-0.39, 0.29) is 11.5 Å². The predicted molar refractivity (Wildman–Crippen MR) is 56.1 cm³/mol. The van der Waals surface area contributed by atoms with Crippen molar-refractivity contribution in [3.05, 3.63) is 28.6 Å². The third-order valence-corrected chi connectivity index (χ3v) is 2.45. The Morgan fingerprint density at radius 3 is 3.20 bits per heavy atom. The molecule has 1 N–H and O–H groups in total. The van der Waals surface area contributed by atoms with Crippen molar-refractivity contribution in [3.63, 3.8) is 0 Å². The average Bonchev–Trinajstić information content (AvgIpc) is 2.28. The minimum atomic E-state index is -0.0479. The van der Waals surface area contributed by atoms with Crippen LogP contribution in [0.3, 0.4) is 0 Å². The number of aromatic amines is 1. The summed E-state index contributed by atoms with van der Waals surface area (Å²) in [4.78, 5) is 13.9. The van der Waals surface area contributed by atoms with E-state index >= 15 is 0 Å². The fraction of sp³-hybridized carbons (Fsp3) is 0.545. The van der Waals surface area contributed by atoms with E-state index in [1.165, 1.54) is 18.6 Å². The molecule has 0 bridgehead atoms. The summed E-state index contributed by atoms with van der Waals surface area (Å²) in [6, 6.07) is 2.91. The van der Waals surface area contributed by atoms with Crippen LogP contribution in [0.4, 0.5) is 0 Å². The first-order valence-corrected chi connectivity index (χ1v) is 5.28. The van der Waals surface area contributed by atoms with Gasteiger partial charge in [0.15, 0.2) is 11.3 Å². The number of nitrogens with one attached hydrogen (secondary N) is 1. The van der Waals surface area contributed by atoms with Crippen molar-refractivity contribution < 1.29 is 9.47 Å². The predicted octanol–water partition coefficient (Wildman–Crippen LogP) is 1.32. The number of aromatic nitrogens is 1. The molecule has 0 aliphatic carbocycles. The molecule has 82 valence electrons. The lowest BCUT2D eigenvalue weighted by Crippen LogP contribution is -2.26. The Labute approximate surface area is 88.2 Å². The van der Waals surface area contributed by atoms with Gasteiger partial charge in [-0.2, -0.15) is 0 Å². The lowest BCUT2D eigenvalue weighted by Gasteiger charge is -2.22. The van der Waals surface area contributed by atoms with E-state index in [0.29, 0.717) is 12.5 Å². The molecule has 15 heavy (non-hydrogen) atoms. The standard InChI is InChI=1S/C11H15NO3/c13-9-4-5-12-11(7-9)15-8-10-3-1-2-6-14-10/h4-5,7,10H,1-3,6,8H2,(H,12,13). The largest absolute Gasteiger partial charge is 0.476 e. The molecule has 2 heterocycles. The maximum absolute atomic E-state index is 11.0. The molecule has 0 radical (unpaired) electrons. The van der Waals surface area contributed by atoms with Crippen LogP contribution in [-0.4, -0.2) is 24.3 Å². The molecule has 1 atom stereocenters. The summed E-state index contributed by atoms with van der Waals surface area (Å²) in [6.45, 7) is 1.33. The monoisotopic (exact) mass is 209 g/mol. The lowest BCUT2D eigenvalue weighted by atomic mass is 10.1. The van der Waals surface area contributed by atoms with Crippen LogP contribution in [0.2, 0.25) is 0 Å². The zero-order valence-electron chi connectivity index (χ0n) is 8.57. The minimum absolute atomic E-state index is 0.0479. The third-order valence-electron chi connectivity index (χ3n) is 2.45. The number of ether oxygens (including phenoxy) is 2. The molecule has 0 amide bonds. The van der Waals surface area contributed by atoms with Gasteiger partial charge in [-0.3, -0.25) is 4.79 Å². The second-order valence-electron chi connectivity index (χ2n) is 3.69. The fourth-order valence-corrected chi connectivity index (χ4v) is 1.63. The minimum Gasteiger partial charge on any atom is -0.476 e. The van der Waals surface area contributed by atoms with Crippen molar-refractivity contribution in [3.8, 4) is 5.88 Å². The van der Waals surface area contributed by atoms with Crippen molar-refractivity contribution in [2.24, 2.45) is 0 Å². The highest BCUT2D eigenvalue weighted by Crippen LogP contribution is 2.13. The topological polar surface area (TPSA) is 51.3 Å². The fourth-order valence-electron chi connectivity index (χ4n) is 1.63. The molecule has 0 spiro atoms. The Kier molecular flexibility index (Phi) is 3.40. The van der Waals surface area contributed by atoms with Gasteiger partial charge in [0.1, 0.15) is 6.61 Å². The van der Waals surface area contributed by atoms with Gasteiger partial charge in [0.2, 0.25) is 0 Å². The highest BCUT2D eigenvalue weighted by Gasteiger charge is 2.14. The van der Waals surface area contributed by atoms with Crippen molar-refractivity contribution in [2.45, 2.75) is 25.4 Å². The van der Waals surface area contributed by atoms with Crippen LogP contribution in [0, 0.1) is 0 Å². The van der Waals surface area contributed by atoms with Gasteiger partial charge in [0.25, 0.3) is 0 Å². The quantitative estimate of drug-likeness (QED) is 0.816. The molecule has 2 rings (SSSR count). The molecule has 1 aliphatic rings. The van der Waals surface area contributed by atoms with E-state index in [1.54, 1.807) is 6.20 Å². The summed E-state index contributed by atoms with van der Waals surface area (Å²) in [7, 11) is 0. The molecule has 1 fully saturated rings. The van der Waals surface area contributed by atoms with Gasteiger partial charge in [-0.05, 0) is 19.3 Å². The first-order valence-electron chi connectivity index (χ1n) is 5.28. The molecule has 0 saturated carbocycles. The first kappa shape index (κ1) is 10.2. The molecule has 1 aliphatic heterocycles. The number of H-pyrrole nitrogens is 1. The Morgan fingerprint density at radius 1 is 1.53 bits per heavy atom. The third kappa shape index (κ3) is 3.09. The van der Waals surface area contributed by atoms with Gasteiger partial charge < -0.3 is 14.5 Å². The summed E-state index contributed by atoms with van der Waals surface area (Å²) < 4.78 is 11.0. The van der Waals surface area contributed by atoms with E-state index in [0.717, 1.165) is 19.4 Å². The molecule has 1 aromatic heterocycles. The molecule has 4 nitrogen and oxygen atoms in total. The highest BCUT2D eigenvalue weighted by molar-refractivity contribution is 5.09. The SMILES string of the molecule is O=c1cc[nH]c(OCC2CCCCO2)c1. The first-order chi connectivity index (χ1) is 7.34. The van der Waals surface area contributed by atoms with Crippen LogP contribution in [0.15, 0.2) is 23.1 Å². The smallest absolute Gasteiger partial charge is 0.194 e. The van der Waals surface area contributed by atoms with Crippen molar-refractivity contribution in [1.82, 2.24) is 4.98 Å². The second kappa shape index (κ2) is 4.98. The Balaban J connectivity index is 1.84. The van der Waals surface area contributed by atoms with E-state index in [9.17, 15) is 4.79 Å². The summed E-state index contributed by atoms with van der Waals surface area (Å²) >= 11 is 0. The van der Waals surface area contributed by atoms with Crippen LogP contribution < -0.4 is 10.2 Å². The van der Waals surface area contributed by atoms with Crippen LogP contribution >= 0.6 is 0 Å². The lowest BCUT2D eigenvalue weighted by molar-refractivity contribution is -0.0119. The molecule has 1 aromatic rings. The summed E-state index contributed by atoms with van der Waals surface area (Å²) in [6.07, 6.45) is 5.12. The van der Waals surface area contributed by atoms with Crippen LogP contribution in [0.25, 0.3) is 0 Å². The Bertz CT molecular complexity index is 355. The van der Waals surface area contributed by atoms with Gasteiger partial charge in [0, 0.05) is 24.9 Å². The highest BCUT2D eigenvalue weighted by atomic mass is 16.5. The molecular weight excluding hydrogens is 194 g/mol. The zero-order chi connectivity index (χ0) is 10.5. The van der Waals surface area contributed by atoms with E-state index < -0.39 is 0 Å². The Morgan fingerprint density at radius 2 is 2.47 bits per heavy atom. The van der Waals surface area contributed by atoms with Crippen LogP contribution in [-0.2, 0) is 4.74 Å². The maximum atomic E-state index is 11.0. The number of pyridine rings is 1. The molecule has 0 aromatic carbocycles. The van der Waals surface area contributed by atoms with E-state index in [1.807, 2.05) is 0 Å². The Hall–Kier alpha value is -1.29. The molecule has 1 unspecified atom stereocenters. The second-order valence-corrected chi connectivity index (χ2v) is 3.69. The van der Waals surface area contributed by atoms with Gasteiger partial charge in [-0.15, -0.1) is 0 Å².